The Bertz CT molecular complexity index is 1110. The van der Waals surface area contributed by atoms with Crippen molar-refractivity contribution in [1.29, 1.82) is 0 Å². The number of likely N-dealkylation sites (N-methyl/N-ethyl adjacent to an activating group) is 1. The second kappa shape index (κ2) is 14.1. The summed E-state index contributed by atoms with van der Waals surface area (Å²) in [5.74, 6) is -3.47. The van der Waals surface area contributed by atoms with Gasteiger partial charge in [0.1, 0.15) is 23.7 Å². The summed E-state index contributed by atoms with van der Waals surface area (Å²) in [6.07, 6.45) is 0.353. The highest BCUT2D eigenvalue weighted by Crippen LogP contribution is 2.12. The highest BCUT2D eigenvalue weighted by molar-refractivity contribution is 5.92. The van der Waals surface area contributed by atoms with E-state index in [1.165, 1.54) is 43.4 Å². The van der Waals surface area contributed by atoms with Gasteiger partial charge in [-0.2, -0.15) is 0 Å². The van der Waals surface area contributed by atoms with Crippen molar-refractivity contribution >= 4 is 23.7 Å². The van der Waals surface area contributed by atoms with Crippen molar-refractivity contribution in [2.45, 2.75) is 51.2 Å². The van der Waals surface area contributed by atoms with Gasteiger partial charge in [0.2, 0.25) is 17.7 Å². The second-order valence-corrected chi connectivity index (χ2v) is 9.65. The largest absolute Gasteiger partial charge is 0.508 e. The number of benzene rings is 2. The van der Waals surface area contributed by atoms with Gasteiger partial charge >= 0.3 is 5.97 Å². The van der Waals surface area contributed by atoms with E-state index in [1.807, 2.05) is 13.8 Å². The summed E-state index contributed by atoms with van der Waals surface area (Å²) in [4.78, 5) is 51.3. The molecule has 6 N–H and O–H groups in total. The molecule has 2 aromatic rings. The lowest BCUT2D eigenvalue weighted by atomic mass is 10.0. The minimum atomic E-state index is -1.20. The lowest BCUT2D eigenvalue weighted by Gasteiger charge is -2.25. The van der Waals surface area contributed by atoms with Crippen LogP contribution in [0.15, 0.2) is 48.5 Å². The van der Waals surface area contributed by atoms with Crippen LogP contribution in [0.1, 0.15) is 31.4 Å². The SMILES string of the molecule is CC(C)C[C@H](NC(=O)[C@H](Cc1ccc(F)cc1)NC(=O)CN(C)C(=O)[C@@H](N)Cc1ccc(O)cc1)C(=O)O. The number of rotatable bonds is 13. The third-order valence-electron chi connectivity index (χ3n) is 5.79. The Labute approximate surface area is 221 Å². The number of carboxylic acid groups (broad SMARTS) is 1. The molecule has 0 unspecified atom stereocenters. The van der Waals surface area contributed by atoms with E-state index in [9.17, 15) is 33.8 Å². The number of hydrogen-bond acceptors (Lipinski definition) is 6. The van der Waals surface area contributed by atoms with Crippen LogP contribution < -0.4 is 16.4 Å². The van der Waals surface area contributed by atoms with Gasteiger partial charge in [-0.15, -0.1) is 0 Å². The number of aliphatic carboxylic acids is 1. The molecule has 0 aliphatic rings. The minimum Gasteiger partial charge on any atom is -0.508 e. The van der Waals surface area contributed by atoms with E-state index in [4.69, 9.17) is 5.73 Å². The number of carbonyl (C=O) groups is 4. The minimum absolute atomic E-state index is 0.00742. The lowest BCUT2D eigenvalue weighted by Crippen LogP contribution is -2.54. The highest BCUT2D eigenvalue weighted by Gasteiger charge is 2.28. The Balaban J connectivity index is 2.08. The van der Waals surface area contributed by atoms with Crippen molar-refractivity contribution in [1.82, 2.24) is 15.5 Å². The first-order valence-corrected chi connectivity index (χ1v) is 12.2. The zero-order valence-corrected chi connectivity index (χ0v) is 21.7. The number of amides is 3. The van der Waals surface area contributed by atoms with Crippen LogP contribution in [0.5, 0.6) is 5.75 Å². The Morgan fingerprint density at radius 2 is 1.47 bits per heavy atom. The van der Waals surface area contributed by atoms with Crippen LogP contribution in [0.3, 0.4) is 0 Å². The average Bonchev–Trinajstić information content (AvgIpc) is 2.84. The van der Waals surface area contributed by atoms with E-state index in [2.05, 4.69) is 10.6 Å². The summed E-state index contributed by atoms with van der Waals surface area (Å²) < 4.78 is 13.3. The van der Waals surface area contributed by atoms with Crippen molar-refractivity contribution in [3.8, 4) is 5.75 Å². The van der Waals surface area contributed by atoms with Gasteiger partial charge in [0.25, 0.3) is 0 Å². The summed E-state index contributed by atoms with van der Waals surface area (Å²) in [6.45, 7) is 3.24. The van der Waals surface area contributed by atoms with Crippen LogP contribution >= 0.6 is 0 Å². The predicted molar refractivity (Wildman–Crippen MR) is 138 cm³/mol. The highest BCUT2D eigenvalue weighted by atomic mass is 19.1. The zero-order valence-electron chi connectivity index (χ0n) is 21.7. The van der Waals surface area contributed by atoms with Gasteiger partial charge in [-0.25, -0.2) is 9.18 Å². The first-order chi connectivity index (χ1) is 17.8. The summed E-state index contributed by atoms with van der Waals surface area (Å²) in [6, 6.07) is 8.31. The third-order valence-corrected chi connectivity index (χ3v) is 5.79. The number of phenolic OH excluding ortho intramolecular Hbond substituents is 1. The van der Waals surface area contributed by atoms with Crippen molar-refractivity contribution in [2.24, 2.45) is 11.7 Å². The van der Waals surface area contributed by atoms with Gasteiger partial charge in [-0.3, -0.25) is 14.4 Å². The lowest BCUT2D eigenvalue weighted by molar-refractivity contribution is -0.143. The van der Waals surface area contributed by atoms with Crippen molar-refractivity contribution in [2.75, 3.05) is 13.6 Å². The second-order valence-electron chi connectivity index (χ2n) is 9.65. The van der Waals surface area contributed by atoms with Gasteiger partial charge < -0.3 is 31.5 Å². The summed E-state index contributed by atoms with van der Waals surface area (Å²) >= 11 is 0. The van der Waals surface area contributed by atoms with Gasteiger partial charge in [0.05, 0.1) is 12.6 Å². The van der Waals surface area contributed by atoms with Crippen molar-refractivity contribution in [3.05, 3.63) is 65.5 Å². The first kappa shape index (κ1) is 30.2. The van der Waals surface area contributed by atoms with Gasteiger partial charge in [-0.1, -0.05) is 38.1 Å². The maximum Gasteiger partial charge on any atom is 0.326 e. The number of carbonyl (C=O) groups excluding carboxylic acids is 3. The maximum atomic E-state index is 13.3. The summed E-state index contributed by atoms with van der Waals surface area (Å²) in [7, 11) is 1.40. The van der Waals surface area contributed by atoms with Crippen LogP contribution in [0.4, 0.5) is 4.39 Å². The smallest absolute Gasteiger partial charge is 0.326 e. The van der Waals surface area contributed by atoms with Crippen LogP contribution in [-0.2, 0) is 32.0 Å². The van der Waals surface area contributed by atoms with Crippen LogP contribution in [-0.4, -0.2) is 70.5 Å². The molecular formula is C27H35FN4O6. The topological polar surface area (TPSA) is 162 Å². The zero-order chi connectivity index (χ0) is 28.4. The molecule has 0 aliphatic carbocycles. The van der Waals surface area contributed by atoms with E-state index in [0.29, 0.717) is 5.56 Å². The van der Waals surface area contributed by atoms with Crippen LogP contribution in [0, 0.1) is 11.7 Å². The monoisotopic (exact) mass is 530 g/mol. The number of phenols is 1. The van der Waals surface area contributed by atoms with E-state index in [1.54, 1.807) is 12.1 Å². The van der Waals surface area contributed by atoms with Crippen molar-refractivity contribution in [3.63, 3.8) is 0 Å². The van der Waals surface area contributed by atoms with E-state index >= 15 is 0 Å². The Morgan fingerprint density at radius 1 is 0.921 bits per heavy atom. The van der Waals surface area contributed by atoms with Crippen molar-refractivity contribution < 1.29 is 33.8 Å². The van der Waals surface area contributed by atoms with E-state index in [-0.39, 0.29) is 30.9 Å². The Hall–Kier alpha value is -3.99. The quantitative estimate of drug-likeness (QED) is 0.260. The molecular weight excluding hydrogens is 495 g/mol. The van der Waals surface area contributed by atoms with Gasteiger partial charge in [0.15, 0.2) is 0 Å². The fourth-order valence-electron chi connectivity index (χ4n) is 3.82. The number of nitrogens with two attached hydrogens (primary N) is 1. The summed E-state index contributed by atoms with van der Waals surface area (Å²) in [5, 5.41) is 23.9. The third kappa shape index (κ3) is 9.81. The number of halogens is 1. The number of carboxylic acids is 1. The molecule has 0 radical (unpaired) electrons. The molecule has 10 nitrogen and oxygen atoms in total. The molecule has 38 heavy (non-hydrogen) atoms. The molecule has 0 aliphatic heterocycles. The number of nitrogens with one attached hydrogen (secondary N) is 2. The van der Waals surface area contributed by atoms with Gasteiger partial charge in [-0.05, 0) is 54.2 Å². The molecule has 0 heterocycles. The molecule has 0 bridgehead atoms. The van der Waals surface area contributed by atoms with Crippen LogP contribution in [0.25, 0.3) is 0 Å². The molecule has 3 amide bonds. The fourth-order valence-corrected chi connectivity index (χ4v) is 3.82. The molecule has 2 rings (SSSR count). The Morgan fingerprint density at radius 3 is 2.03 bits per heavy atom. The average molecular weight is 531 g/mol. The molecule has 3 atom stereocenters. The standard InChI is InChI=1S/C27H35FN4O6/c1-16(2)12-23(27(37)38)31-25(35)22(14-18-4-8-19(28)9-5-18)30-24(34)15-32(3)26(36)21(29)13-17-6-10-20(33)11-7-17/h4-11,16,21-23,33H,12-15,29H2,1-3H3,(H,30,34)(H,31,35)(H,37,38)/t21-,22-,23-/m0/s1. The molecule has 0 saturated heterocycles. The number of hydrogen-bond donors (Lipinski definition) is 5. The van der Waals surface area contributed by atoms with Crippen LogP contribution in [0.2, 0.25) is 0 Å². The predicted octanol–water partition coefficient (Wildman–Crippen LogP) is 1.20. The van der Waals surface area contributed by atoms with Gasteiger partial charge in [0, 0.05) is 13.5 Å². The van der Waals surface area contributed by atoms with E-state index < -0.39 is 54.2 Å². The van der Waals surface area contributed by atoms with E-state index in [0.717, 1.165) is 10.5 Å². The number of aromatic hydroxyl groups is 1. The fraction of sp³-hybridized carbons (Fsp3) is 0.407. The number of nitrogens with zero attached hydrogens (tertiary/aromatic N) is 1. The molecule has 0 saturated carbocycles. The maximum absolute atomic E-state index is 13.3. The normalized spacial score (nSPS) is 13.3. The molecule has 206 valence electrons. The first-order valence-electron chi connectivity index (χ1n) is 12.2. The Kier molecular flexibility index (Phi) is 11.2. The molecule has 0 fully saturated rings. The molecule has 0 spiro atoms. The molecule has 11 heteroatoms. The molecule has 2 aromatic carbocycles. The summed E-state index contributed by atoms with van der Waals surface area (Å²) in [5.41, 5.74) is 7.29. The molecule has 0 aromatic heterocycles.